The third-order valence-electron chi connectivity index (χ3n) is 2.37. The summed E-state index contributed by atoms with van der Waals surface area (Å²) in [5.74, 6) is -0.575. The van der Waals surface area contributed by atoms with Crippen molar-refractivity contribution in [3.63, 3.8) is 0 Å². The molecule has 17 heavy (non-hydrogen) atoms. The molecule has 1 rings (SSSR count). The molecule has 1 aliphatic carbocycles. The smallest absolute Gasteiger partial charge is 0.327 e. The molecule has 0 amide bonds. The van der Waals surface area contributed by atoms with Crippen LogP contribution >= 0.6 is 7.60 Å². The molecule has 0 fully saturated rings. The molecule has 0 bridgehead atoms. The first kappa shape index (κ1) is 13.8. The van der Waals surface area contributed by atoms with Crippen LogP contribution in [-0.2, 0) is 14.2 Å². The van der Waals surface area contributed by atoms with Gasteiger partial charge in [-0.25, -0.2) is 0 Å². The summed E-state index contributed by atoms with van der Waals surface area (Å²) >= 11 is 0. The molecule has 0 saturated heterocycles. The van der Waals surface area contributed by atoms with Gasteiger partial charge in [-0.2, -0.15) is 0 Å². The number of Topliss-reactive ketones (excluding diaryl/α,β-unsaturated/α-hetero) is 1. The van der Waals surface area contributed by atoms with E-state index in [1.54, 1.807) is 6.92 Å². The minimum absolute atomic E-state index is 0.0527. The molecule has 3 N–H and O–H groups in total. The summed E-state index contributed by atoms with van der Waals surface area (Å²) in [7, 11) is -4.10. The zero-order valence-electron chi connectivity index (χ0n) is 9.56. The summed E-state index contributed by atoms with van der Waals surface area (Å²) in [5.41, 5.74) is 0.766. The Labute approximate surface area is 98.6 Å². The average Bonchev–Trinajstić information content (AvgIpc) is 2.18. The van der Waals surface area contributed by atoms with Gasteiger partial charge in [0.25, 0.3) is 0 Å². The van der Waals surface area contributed by atoms with Gasteiger partial charge in [0.2, 0.25) is 5.78 Å². The highest BCUT2D eigenvalue weighted by atomic mass is 31.2. The highest BCUT2D eigenvalue weighted by Gasteiger charge is 2.23. The van der Waals surface area contributed by atoms with E-state index >= 15 is 0 Å². The Kier molecular flexibility index (Phi) is 4.03. The van der Waals surface area contributed by atoms with Crippen molar-refractivity contribution in [3.8, 4) is 0 Å². The zero-order valence-corrected chi connectivity index (χ0v) is 10.5. The van der Waals surface area contributed by atoms with E-state index in [1.807, 2.05) is 0 Å². The lowest BCUT2D eigenvalue weighted by Gasteiger charge is -2.16. The summed E-state index contributed by atoms with van der Waals surface area (Å²) in [5, 5.41) is 2.60. The third-order valence-corrected chi connectivity index (χ3v) is 3.18. The van der Waals surface area contributed by atoms with Gasteiger partial charge >= 0.3 is 7.60 Å². The van der Waals surface area contributed by atoms with Gasteiger partial charge in [0.15, 0.2) is 5.78 Å². The molecule has 0 heterocycles. The van der Waals surface area contributed by atoms with Crippen LogP contribution in [0.1, 0.15) is 13.8 Å². The molecule has 94 valence electrons. The van der Waals surface area contributed by atoms with E-state index in [-0.39, 0.29) is 35.5 Å². The topological polar surface area (TPSA) is 104 Å². The number of carbonyl (C=O) groups excluding carboxylic acids is 2. The van der Waals surface area contributed by atoms with Crippen molar-refractivity contribution in [2.75, 3.05) is 12.7 Å². The van der Waals surface area contributed by atoms with Crippen molar-refractivity contribution in [1.29, 1.82) is 0 Å². The Morgan fingerprint density at radius 2 is 1.88 bits per heavy atom. The van der Waals surface area contributed by atoms with E-state index in [0.717, 1.165) is 0 Å². The number of rotatable bonds is 4. The predicted octanol–water partition coefficient (Wildman–Crippen LogP) is 0.126. The summed E-state index contributed by atoms with van der Waals surface area (Å²) in [6.07, 6.45) is 0.836. The number of hydrogen-bond acceptors (Lipinski definition) is 4. The van der Waals surface area contributed by atoms with Gasteiger partial charge in [-0.15, -0.1) is 0 Å². The van der Waals surface area contributed by atoms with E-state index < -0.39 is 7.60 Å². The van der Waals surface area contributed by atoms with Gasteiger partial charge in [-0.3, -0.25) is 14.2 Å². The highest BCUT2D eigenvalue weighted by molar-refractivity contribution is 7.51. The van der Waals surface area contributed by atoms with E-state index in [9.17, 15) is 14.2 Å². The fourth-order valence-corrected chi connectivity index (χ4v) is 1.88. The van der Waals surface area contributed by atoms with Gasteiger partial charge in [-0.1, -0.05) is 0 Å². The van der Waals surface area contributed by atoms with Crippen LogP contribution in [0.4, 0.5) is 0 Å². The zero-order chi connectivity index (χ0) is 13.2. The maximum Gasteiger partial charge on any atom is 0.327 e. The normalized spacial score (nSPS) is 17.3. The second-order valence-corrected chi connectivity index (χ2v) is 5.61. The largest absolute Gasteiger partial charge is 0.381 e. The molecule has 0 aromatic rings. The van der Waals surface area contributed by atoms with Gasteiger partial charge in [-0.05, 0) is 19.9 Å². The van der Waals surface area contributed by atoms with Crippen LogP contribution in [0.2, 0.25) is 0 Å². The van der Waals surface area contributed by atoms with Gasteiger partial charge in [0, 0.05) is 17.7 Å². The van der Waals surface area contributed by atoms with Crippen molar-refractivity contribution < 1.29 is 23.9 Å². The Hall–Kier alpha value is -1.23. The number of nitrogens with one attached hydrogen (secondary N) is 1. The van der Waals surface area contributed by atoms with Gasteiger partial charge in [0.05, 0.1) is 11.9 Å². The summed E-state index contributed by atoms with van der Waals surface area (Å²) in [6.45, 7) is 3.01. The monoisotopic (exact) mass is 259 g/mol. The van der Waals surface area contributed by atoms with Crippen LogP contribution in [0, 0.1) is 0 Å². The van der Waals surface area contributed by atoms with Crippen molar-refractivity contribution in [1.82, 2.24) is 5.32 Å². The molecule has 0 aliphatic heterocycles. The average molecular weight is 259 g/mol. The molecular formula is C10H14NO5P. The van der Waals surface area contributed by atoms with E-state index in [1.165, 1.54) is 13.0 Å². The minimum atomic E-state index is -4.10. The van der Waals surface area contributed by atoms with Crippen LogP contribution in [0.15, 0.2) is 22.9 Å². The number of hydrogen-bond donors (Lipinski definition) is 3. The molecule has 0 aromatic heterocycles. The maximum absolute atomic E-state index is 11.6. The summed E-state index contributed by atoms with van der Waals surface area (Å²) in [4.78, 5) is 40.5. The molecule has 0 aromatic carbocycles. The SMILES string of the molecule is CC1=CC(=O)C(NCCP(=O)(O)O)=C(C)C1=O. The highest BCUT2D eigenvalue weighted by Crippen LogP contribution is 2.33. The van der Waals surface area contributed by atoms with Crippen molar-refractivity contribution in [2.24, 2.45) is 0 Å². The Balaban J connectivity index is 2.74. The first-order chi connectivity index (χ1) is 7.72. The lowest BCUT2D eigenvalue weighted by molar-refractivity contribution is -0.116. The van der Waals surface area contributed by atoms with Crippen LogP contribution in [0.5, 0.6) is 0 Å². The van der Waals surface area contributed by atoms with E-state index in [0.29, 0.717) is 5.57 Å². The van der Waals surface area contributed by atoms with Crippen molar-refractivity contribution in [3.05, 3.63) is 22.9 Å². The maximum atomic E-state index is 11.6. The van der Waals surface area contributed by atoms with Crippen molar-refractivity contribution in [2.45, 2.75) is 13.8 Å². The standard InChI is InChI=1S/C10H14NO5P/c1-6-5-8(12)9(7(2)10(6)13)11-3-4-17(14,15)16/h5,11H,3-4H2,1-2H3,(H2,14,15,16). The third kappa shape index (κ3) is 3.63. The predicted molar refractivity (Wildman–Crippen MR) is 61.4 cm³/mol. The van der Waals surface area contributed by atoms with E-state index in [2.05, 4.69) is 5.32 Å². The number of carbonyl (C=O) groups is 2. The van der Waals surface area contributed by atoms with E-state index in [4.69, 9.17) is 9.79 Å². The second-order valence-electron chi connectivity index (χ2n) is 3.84. The van der Waals surface area contributed by atoms with Crippen LogP contribution < -0.4 is 5.32 Å². The lowest BCUT2D eigenvalue weighted by Crippen LogP contribution is -2.29. The molecule has 6 nitrogen and oxygen atoms in total. The Morgan fingerprint density at radius 3 is 2.41 bits per heavy atom. The molecule has 0 saturated carbocycles. The molecule has 0 unspecified atom stereocenters. The molecule has 0 atom stereocenters. The molecule has 0 spiro atoms. The quantitative estimate of drug-likeness (QED) is 0.489. The lowest BCUT2D eigenvalue weighted by atomic mass is 9.95. The number of ketones is 2. The second kappa shape index (κ2) is 4.96. The summed E-state index contributed by atoms with van der Waals surface area (Å²) < 4.78 is 10.6. The summed E-state index contributed by atoms with van der Waals surface area (Å²) in [6, 6.07) is 0. The fraction of sp³-hybridized carbons (Fsp3) is 0.400. The fourth-order valence-electron chi connectivity index (χ4n) is 1.47. The Morgan fingerprint density at radius 1 is 1.29 bits per heavy atom. The van der Waals surface area contributed by atoms with Crippen LogP contribution in [-0.4, -0.2) is 34.1 Å². The molecular weight excluding hydrogens is 245 g/mol. The minimum Gasteiger partial charge on any atom is -0.381 e. The molecule has 1 aliphatic rings. The first-order valence-electron chi connectivity index (χ1n) is 4.99. The van der Waals surface area contributed by atoms with Crippen LogP contribution in [0.3, 0.4) is 0 Å². The first-order valence-corrected chi connectivity index (χ1v) is 6.79. The molecule has 7 heteroatoms. The Bertz CT molecular complexity index is 471. The number of allylic oxidation sites excluding steroid dienone is 3. The van der Waals surface area contributed by atoms with Gasteiger partial charge < -0.3 is 15.1 Å². The van der Waals surface area contributed by atoms with Crippen molar-refractivity contribution >= 4 is 19.2 Å². The molecule has 0 radical (unpaired) electrons. The van der Waals surface area contributed by atoms with Gasteiger partial charge in [0.1, 0.15) is 0 Å². The van der Waals surface area contributed by atoms with Crippen LogP contribution in [0.25, 0.3) is 0 Å².